The van der Waals surface area contributed by atoms with Crippen molar-refractivity contribution in [1.29, 1.82) is 0 Å². The van der Waals surface area contributed by atoms with Crippen molar-refractivity contribution in [1.82, 2.24) is 0 Å². The van der Waals surface area contributed by atoms with Crippen LogP contribution in [0.15, 0.2) is 97.7 Å². The molecule has 0 aromatic heterocycles. The summed E-state index contributed by atoms with van der Waals surface area (Å²) in [6, 6.07) is 0. The van der Waals surface area contributed by atoms with Gasteiger partial charge in [-0.05, 0) is 303 Å². The molecule has 0 saturated heterocycles. The van der Waals surface area contributed by atoms with Gasteiger partial charge in [0.05, 0.1) is 5.92 Å². The lowest BCUT2D eigenvalue weighted by molar-refractivity contribution is -0.170. The summed E-state index contributed by atoms with van der Waals surface area (Å²) in [5.41, 5.74) is 2.99. The third-order valence-corrected chi connectivity index (χ3v) is 24.0. The van der Waals surface area contributed by atoms with Gasteiger partial charge in [0.2, 0.25) is 0 Å². The first-order valence-corrected chi connectivity index (χ1v) is 40.0. The Labute approximate surface area is 625 Å². The van der Waals surface area contributed by atoms with Gasteiger partial charge in [0.15, 0.2) is 0 Å². The van der Waals surface area contributed by atoms with Gasteiger partial charge in [0.25, 0.3) is 0 Å². The summed E-state index contributed by atoms with van der Waals surface area (Å²) in [5, 5.41) is 0. The standard InChI is InChI=1S/C18H26O2.C14H24O2.C13H22O2.C12H20O2.2C11H18O2.C10H16O2/c1-4-18(8-6-5-7-9-18)20-17(19)16-11-14-10-15(16)13(3)12(14)2;1-10(2)13(15)16-14(4,5)12-8-6-11(3)7-9-12;1-10(2)12(14)15-13(3,4)11-8-6-5-7-9-11;1-9(2)11(13)14-12(3,4)10-7-5-6-8-10;1-4-11(7-5-6-8-11)13-10(12)9(2)3;1-3-10(12)13-11(4-2)8-6-5-7-9-11;1-8(2)9(11)12-10(3)6-4-5-7-10/h14-16H,2-11H2,1H3;11-12H,1,6-9H2,2-5H3;11H,1,5-9H2,2-4H3;10H,1,5-8H2,2-4H3;2,4-8H2,1,3H3;3H,1,4-9H2,2H3;1,4-7H2,2-3H3. The van der Waals surface area contributed by atoms with Crippen molar-refractivity contribution in [2.24, 2.45) is 41.4 Å². The van der Waals surface area contributed by atoms with E-state index in [0.717, 1.165) is 108 Å². The van der Waals surface area contributed by atoms with Crippen LogP contribution < -0.4 is 0 Å². The van der Waals surface area contributed by atoms with Crippen LogP contribution in [-0.4, -0.2) is 81.0 Å². The second kappa shape index (κ2) is 42.5. The summed E-state index contributed by atoms with van der Waals surface area (Å²) in [4.78, 5) is 80.7. The van der Waals surface area contributed by atoms with E-state index in [1.54, 1.807) is 34.6 Å². The smallest absolute Gasteiger partial charge is 0.333 e. The molecular weight excluding hydrogens is 1290 g/mol. The molecule has 14 heteroatoms. The van der Waals surface area contributed by atoms with E-state index in [1.807, 2.05) is 48.5 Å². The zero-order valence-electron chi connectivity index (χ0n) is 67.9. The monoisotopic (exact) mass is 1440 g/mol. The number of fused-ring (bicyclic) bond motifs is 2. The molecule has 2 bridgehead atoms. The van der Waals surface area contributed by atoms with Crippen LogP contribution in [0.4, 0.5) is 0 Å². The van der Waals surface area contributed by atoms with Gasteiger partial charge in [-0.3, -0.25) is 4.79 Å². The number of carbonyl (C=O) groups excluding carboxylic acids is 7. The highest BCUT2D eigenvalue weighted by atomic mass is 16.6. The highest BCUT2D eigenvalue weighted by molar-refractivity contribution is 5.89. The summed E-state index contributed by atoms with van der Waals surface area (Å²) < 4.78 is 38.7. The maximum absolute atomic E-state index is 12.6. The molecule has 0 aliphatic heterocycles. The third kappa shape index (κ3) is 29.8. The molecule has 584 valence electrons. The Hall–Kier alpha value is -5.79. The largest absolute Gasteiger partial charge is 0.459 e. The zero-order chi connectivity index (χ0) is 77.7. The van der Waals surface area contributed by atoms with Gasteiger partial charge < -0.3 is 33.2 Å². The minimum Gasteiger partial charge on any atom is -0.459 e. The van der Waals surface area contributed by atoms with Gasteiger partial charge in [-0.1, -0.05) is 138 Å². The molecule has 9 aliphatic rings. The fourth-order valence-electron chi connectivity index (χ4n) is 16.4. The maximum atomic E-state index is 12.6. The van der Waals surface area contributed by atoms with E-state index < -0.39 is 0 Å². The third-order valence-electron chi connectivity index (χ3n) is 24.0. The number of ether oxygens (including phenoxy) is 7. The van der Waals surface area contributed by atoms with Crippen molar-refractivity contribution < 1.29 is 66.7 Å². The van der Waals surface area contributed by atoms with E-state index in [1.165, 1.54) is 146 Å². The van der Waals surface area contributed by atoms with E-state index in [-0.39, 0.29) is 86.9 Å². The average Bonchev–Trinajstić information content (AvgIpc) is 1.61. The summed E-state index contributed by atoms with van der Waals surface area (Å²) in [5.74, 6) is 1.67. The molecule has 0 spiro atoms. The Morgan fingerprint density at radius 2 is 0.718 bits per heavy atom. The normalized spacial score (nSPS) is 23.6. The van der Waals surface area contributed by atoms with Gasteiger partial charge in [-0.2, -0.15) is 0 Å². The van der Waals surface area contributed by atoms with E-state index in [0.29, 0.717) is 57.5 Å². The minimum atomic E-state index is -0.351. The molecule has 0 heterocycles. The number of rotatable bonds is 20. The lowest BCUT2D eigenvalue weighted by Gasteiger charge is -2.38. The predicted molar refractivity (Wildman–Crippen MR) is 417 cm³/mol. The second-order valence-corrected chi connectivity index (χ2v) is 34.0. The van der Waals surface area contributed by atoms with Crippen LogP contribution in [0.3, 0.4) is 0 Å². The molecule has 3 unspecified atom stereocenters. The average molecular weight is 1440 g/mol. The lowest BCUT2D eigenvalue weighted by atomic mass is 9.75. The van der Waals surface area contributed by atoms with Crippen LogP contribution >= 0.6 is 0 Å². The molecule has 9 fully saturated rings. The molecule has 0 aromatic carbocycles. The quantitative estimate of drug-likeness (QED) is 0.0637. The highest BCUT2D eigenvalue weighted by Crippen LogP contribution is 2.54. The predicted octanol–water partition coefficient (Wildman–Crippen LogP) is 22.8. The number of carbonyl (C=O) groups is 7. The molecule has 14 nitrogen and oxygen atoms in total. The first-order chi connectivity index (χ1) is 48.1. The highest BCUT2D eigenvalue weighted by Gasteiger charge is 2.50. The Bertz CT molecular complexity index is 2870. The molecule has 0 amide bonds. The van der Waals surface area contributed by atoms with E-state index in [2.05, 4.69) is 80.3 Å². The van der Waals surface area contributed by atoms with Crippen LogP contribution in [-0.2, 0) is 66.7 Å². The van der Waals surface area contributed by atoms with Crippen molar-refractivity contribution in [2.75, 3.05) is 0 Å². The van der Waals surface area contributed by atoms with Crippen LogP contribution in [0.2, 0.25) is 0 Å². The zero-order valence-corrected chi connectivity index (χ0v) is 67.9. The summed E-state index contributed by atoms with van der Waals surface area (Å²) in [6.07, 6.45) is 42.1. The molecule has 0 radical (unpaired) electrons. The van der Waals surface area contributed by atoms with E-state index in [4.69, 9.17) is 33.2 Å². The number of allylic oxidation sites excluding steroid dienone is 2. The minimum absolute atomic E-state index is 0.0369. The van der Waals surface area contributed by atoms with Crippen molar-refractivity contribution >= 4 is 41.8 Å². The lowest BCUT2D eigenvalue weighted by Crippen LogP contribution is -2.39. The molecule has 3 atom stereocenters. The maximum Gasteiger partial charge on any atom is 0.333 e. The number of hydrogen-bond acceptors (Lipinski definition) is 14. The molecule has 9 aliphatic carbocycles. The first-order valence-electron chi connectivity index (χ1n) is 40.0. The summed E-state index contributed by atoms with van der Waals surface area (Å²) >= 11 is 0. The van der Waals surface area contributed by atoms with Crippen molar-refractivity contribution in [3.63, 3.8) is 0 Å². The Morgan fingerprint density at radius 1 is 0.408 bits per heavy atom. The summed E-state index contributed by atoms with van der Waals surface area (Å²) in [7, 11) is 0. The number of esters is 7. The fraction of sp³-hybridized carbons (Fsp3) is 0.742. The molecule has 0 N–H and O–H groups in total. The number of hydrogen-bond donors (Lipinski definition) is 0. The van der Waals surface area contributed by atoms with Gasteiger partial charge in [0.1, 0.15) is 39.2 Å². The van der Waals surface area contributed by atoms with Gasteiger partial charge >= 0.3 is 41.8 Å². The van der Waals surface area contributed by atoms with Crippen molar-refractivity contribution in [3.8, 4) is 0 Å². The topological polar surface area (TPSA) is 184 Å². The van der Waals surface area contributed by atoms with Crippen LogP contribution in [0.5, 0.6) is 0 Å². The van der Waals surface area contributed by atoms with Gasteiger partial charge in [-0.25, -0.2) is 28.8 Å². The van der Waals surface area contributed by atoms with Crippen LogP contribution in [0.1, 0.15) is 342 Å². The second-order valence-electron chi connectivity index (χ2n) is 34.0. The van der Waals surface area contributed by atoms with Gasteiger partial charge in [-0.15, -0.1) is 0 Å². The molecule has 103 heavy (non-hydrogen) atoms. The summed E-state index contributed by atoms with van der Waals surface area (Å²) in [6.45, 7) is 60.8. The first kappa shape index (κ1) is 91.4. The van der Waals surface area contributed by atoms with E-state index in [9.17, 15) is 33.6 Å². The van der Waals surface area contributed by atoms with Gasteiger partial charge in [0, 0.05) is 33.9 Å². The van der Waals surface area contributed by atoms with Crippen LogP contribution in [0, 0.1) is 41.4 Å². The molecular formula is C89H144O14. The van der Waals surface area contributed by atoms with E-state index >= 15 is 0 Å². The fourth-order valence-corrected chi connectivity index (χ4v) is 16.4. The van der Waals surface area contributed by atoms with Crippen LogP contribution in [0.25, 0.3) is 0 Å². The SMILES string of the molecule is C=C(C)C(=O)OC(C)(C)C1CCC(C)CC1.C=C(C)C(=O)OC(C)(C)C1CCCC1.C=C(C)C(=O)OC(C)(C)C1CCCCC1.C=C(C)C(=O)OC1(C)CCCC1.C=C(C)C(=O)OC1(CC)CCCC1.C=C1C(=C)C2CC1CC2C(=O)OC1(CC)CCCCC1.C=CC(=O)OC1(CC)CCCCC1. The Balaban J connectivity index is 0.000000314. The Kier molecular flexibility index (Phi) is 37.7. The Morgan fingerprint density at radius 3 is 1.06 bits per heavy atom. The molecule has 0 aromatic rings. The van der Waals surface area contributed by atoms with Crippen molar-refractivity contribution in [2.45, 2.75) is 381 Å². The van der Waals surface area contributed by atoms with Crippen molar-refractivity contribution in [3.05, 3.63) is 97.7 Å². The molecule has 9 rings (SSSR count). The molecule has 9 saturated carbocycles.